The van der Waals surface area contributed by atoms with Gasteiger partial charge in [-0.15, -0.1) is 0 Å². The van der Waals surface area contributed by atoms with Crippen LogP contribution in [-0.2, 0) is 38.0 Å². The first kappa shape index (κ1) is 41.3. The molecule has 0 aromatic carbocycles. The maximum absolute atomic E-state index is 14.1. The minimum Gasteiger partial charge on any atom is -0.472 e. The van der Waals surface area contributed by atoms with Crippen LogP contribution in [0.25, 0.3) is 0 Å². The van der Waals surface area contributed by atoms with Gasteiger partial charge in [-0.1, -0.05) is 20.8 Å². The molecule has 4 aliphatic rings. The number of fused-ring (bicyclic) bond motifs is 2. The smallest absolute Gasteiger partial charge is 0.311 e. The van der Waals surface area contributed by atoms with Crippen molar-refractivity contribution in [3.05, 3.63) is 0 Å². The zero-order valence-corrected chi connectivity index (χ0v) is 32.0. The normalized spacial score (nSPS) is 47.4. The molecule has 1 unspecified atom stereocenters. The van der Waals surface area contributed by atoms with Gasteiger partial charge in [-0.05, 0) is 68.5 Å². The summed E-state index contributed by atoms with van der Waals surface area (Å²) in [6.07, 6.45) is -8.61. The molecule has 0 amide bonds. The lowest BCUT2D eigenvalue weighted by Crippen LogP contribution is -2.60. The third-order valence-corrected chi connectivity index (χ3v) is 11.5. The Balaban J connectivity index is 1.82. The Kier molecular flexibility index (Phi) is 13.4. The highest BCUT2D eigenvalue weighted by atomic mass is 16.7. The largest absolute Gasteiger partial charge is 0.472 e. The van der Waals surface area contributed by atoms with Crippen molar-refractivity contribution in [3.8, 4) is 0 Å². The SMILES string of the molecule is CC[C@@H](O)[C@@H](O)[C@H]1OC(=O)[C@H](C)C(O[C@H]2C[C@@](C)(OC)[C@@H](O)[C@H](C)O2)[C@H](C)[C@@H](O[C@@H]2O[C@H](C)C[C@H](N(C)C)[C@H]2O)[C@@]2(C)C[C@@H](C)C(=N[C@@H]1C)O2. The topological polar surface area (TPSA) is 178 Å². The minimum absolute atomic E-state index is 0.167. The lowest BCUT2D eigenvalue weighted by molar-refractivity contribution is -0.315. The van der Waals surface area contributed by atoms with Crippen LogP contribution in [0.4, 0.5) is 0 Å². The molecule has 4 aliphatic heterocycles. The van der Waals surface area contributed by atoms with Crippen LogP contribution >= 0.6 is 0 Å². The molecule has 3 saturated heterocycles. The molecule has 0 saturated carbocycles. The summed E-state index contributed by atoms with van der Waals surface area (Å²) in [4.78, 5) is 20.9. The average Bonchev–Trinajstić information content (AvgIpc) is 3.35. The molecule has 50 heavy (non-hydrogen) atoms. The molecule has 0 aromatic heterocycles. The number of likely N-dealkylation sites (N-methyl/N-ethyl adjacent to an activating group) is 1. The van der Waals surface area contributed by atoms with E-state index in [9.17, 15) is 25.2 Å². The van der Waals surface area contributed by atoms with Gasteiger partial charge in [0.25, 0.3) is 0 Å². The number of hydrogen-bond donors (Lipinski definition) is 4. The molecular formula is C36H64N2O12. The quantitative estimate of drug-likeness (QED) is 0.255. The van der Waals surface area contributed by atoms with Crippen LogP contribution in [0.3, 0.4) is 0 Å². The monoisotopic (exact) mass is 716 g/mol. The summed E-state index contributed by atoms with van der Waals surface area (Å²) in [7, 11) is 5.34. The van der Waals surface area contributed by atoms with Crippen molar-refractivity contribution in [1.82, 2.24) is 4.90 Å². The van der Waals surface area contributed by atoms with Crippen molar-refractivity contribution in [1.29, 1.82) is 0 Å². The number of rotatable bonds is 9. The third kappa shape index (κ3) is 8.50. The summed E-state index contributed by atoms with van der Waals surface area (Å²) >= 11 is 0. The Labute approximate surface area is 297 Å². The molecule has 0 spiro atoms. The number of aliphatic hydroxyl groups excluding tert-OH is 4. The molecule has 4 heterocycles. The molecule has 14 nitrogen and oxygen atoms in total. The molecule has 4 rings (SSSR count). The number of carbonyl (C=O) groups excluding carboxylic acids is 1. The second-order valence-electron chi connectivity index (χ2n) is 15.9. The van der Waals surface area contributed by atoms with Gasteiger partial charge in [0.1, 0.15) is 30.0 Å². The van der Waals surface area contributed by atoms with Crippen molar-refractivity contribution in [2.24, 2.45) is 22.7 Å². The van der Waals surface area contributed by atoms with Crippen LogP contribution in [0, 0.1) is 17.8 Å². The van der Waals surface area contributed by atoms with E-state index < -0.39 is 96.5 Å². The number of nitrogens with zero attached hydrogens (tertiary/aromatic N) is 2. The van der Waals surface area contributed by atoms with E-state index in [0.717, 1.165) is 0 Å². The molecule has 14 heteroatoms. The van der Waals surface area contributed by atoms with Gasteiger partial charge in [0.05, 0.1) is 42.0 Å². The first-order valence-electron chi connectivity index (χ1n) is 18.3. The summed E-state index contributed by atoms with van der Waals surface area (Å²) in [5, 5.41) is 44.2. The number of carbonyl (C=O) groups is 1. The first-order chi connectivity index (χ1) is 23.3. The maximum atomic E-state index is 14.1. The number of cyclic esters (lactones) is 1. The van der Waals surface area contributed by atoms with Gasteiger partial charge in [-0.3, -0.25) is 4.79 Å². The summed E-state index contributed by atoms with van der Waals surface area (Å²) < 4.78 is 44.4. The van der Waals surface area contributed by atoms with E-state index in [1.54, 1.807) is 34.6 Å². The Hall–Kier alpha value is -1.46. The number of esters is 1. The first-order valence-corrected chi connectivity index (χ1v) is 18.3. The van der Waals surface area contributed by atoms with E-state index in [1.165, 1.54) is 7.11 Å². The van der Waals surface area contributed by atoms with E-state index in [-0.39, 0.29) is 30.9 Å². The highest BCUT2D eigenvalue weighted by molar-refractivity contribution is 5.81. The van der Waals surface area contributed by atoms with E-state index in [2.05, 4.69) is 0 Å². The Morgan fingerprint density at radius 3 is 2.28 bits per heavy atom. The second kappa shape index (κ2) is 16.3. The third-order valence-electron chi connectivity index (χ3n) is 11.5. The summed E-state index contributed by atoms with van der Waals surface area (Å²) in [6, 6.07) is -0.994. The van der Waals surface area contributed by atoms with E-state index in [1.807, 2.05) is 46.7 Å². The number of aliphatic imine (C=N–C) groups is 1. The fraction of sp³-hybridized carbons (Fsp3) is 0.944. The van der Waals surface area contributed by atoms with Gasteiger partial charge in [-0.25, -0.2) is 4.99 Å². The van der Waals surface area contributed by atoms with Crippen molar-refractivity contribution < 1.29 is 58.4 Å². The summed E-state index contributed by atoms with van der Waals surface area (Å²) in [5.41, 5.74) is -2.01. The zero-order chi connectivity index (χ0) is 37.5. The molecule has 0 radical (unpaired) electrons. The van der Waals surface area contributed by atoms with Gasteiger partial charge in [-0.2, -0.15) is 0 Å². The molecule has 0 aromatic rings. The predicted octanol–water partition coefficient (Wildman–Crippen LogP) is 2.02. The maximum Gasteiger partial charge on any atom is 0.311 e. The molecule has 290 valence electrons. The van der Waals surface area contributed by atoms with Crippen LogP contribution in [0.5, 0.6) is 0 Å². The van der Waals surface area contributed by atoms with Crippen molar-refractivity contribution in [2.45, 2.75) is 179 Å². The van der Waals surface area contributed by atoms with Crippen molar-refractivity contribution in [2.75, 3.05) is 21.2 Å². The van der Waals surface area contributed by atoms with Crippen LogP contribution in [0.15, 0.2) is 4.99 Å². The lowest BCUT2D eigenvalue weighted by Gasteiger charge is -2.48. The standard InChI is InChI=1S/C36H64N2O12/c1-13-24(39)27(41)29-21(6)37-32-17(2)15-36(9,50-32)31(49-34-26(40)23(38(10)11)14-18(3)45-34)19(4)28(20(5)33(43)48-29)47-25-16-35(8,44-12)30(42)22(7)46-25/h17-31,34,39-42H,13-16H2,1-12H3/t17-,18-,19+,20-,21-,22+,23+,24-,25+,26-,27-,28?,29+,30+,31-,34+,35-,36-/m1/s1. The Bertz CT molecular complexity index is 1180. The zero-order valence-electron chi connectivity index (χ0n) is 32.0. The average molecular weight is 717 g/mol. The van der Waals surface area contributed by atoms with Crippen molar-refractivity contribution in [3.63, 3.8) is 0 Å². The number of ether oxygens (including phenoxy) is 7. The molecule has 0 aliphatic carbocycles. The van der Waals surface area contributed by atoms with E-state index >= 15 is 0 Å². The molecule has 18 atom stereocenters. The van der Waals surface area contributed by atoms with Crippen LogP contribution < -0.4 is 0 Å². The molecule has 4 N–H and O–H groups in total. The second-order valence-corrected chi connectivity index (χ2v) is 15.9. The van der Waals surface area contributed by atoms with E-state index in [0.29, 0.717) is 18.7 Å². The highest BCUT2D eigenvalue weighted by Gasteiger charge is 2.55. The minimum atomic E-state index is -1.41. The highest BCUT2D eigenvalue weighted by Crippen LogP contribution is 2.44. The van der Waals surface area contributed by atoms with Gasteiger partial charge >= 0.3 is 5.97 Å². The predicted molar refractivity (Wildman–Crippen MR) is 183 cm³/mol. The molecular weight excluding hydrogens is 652 g/mol. The molecule has 3 fully saturated rings. The van der Waals surface area contributed by atoms with Crippen molar-refractivity contribution >= 4 is 11.9 Å². The number of aliphatic hydroxyl groups is 4. The number of hydrogen-bond acceptors (Lipinski definition) is 14. The molecule has 2 bridgehead atoms. The van der Waals surface area contributed by atoms with E-state index in [4.69, 9.17) is 38.2 Å². The summed E-state index contributed by atoms with van der Waals surface area (Å²) in [6.45, 7) is 16.4. The van der Waals surface area contributed by atoms with Gasteiger partial charge in [0.15, 0.2) is 24.6 Å². The van der Waals surface area contributed by atoms with Crippen LogP contribution in [-0.4, -0.2) is 149 Å². The fourth-order valence-electron chi connectivity index (χ4n) is 8.23. The van der Waals surface area contributed by atoms with Gasteiger partial charge in [0.2, 0.25) is 0 Å². The fourth-order valence-corrected chi connectivity index (χ4v) is 8.23. The number of methoxy groups -OCH3 is 1. The Morgan fingerprint density at radius 2 is 1.68 bits per heavy atom. The van der Waals surface area contributed by atoms with Gasteiger partial charge < -0.3 is 58.5 Å². The van der Waals surface area contributed by atoms with Crippen LogP contribution in [0.1, 0.15) is 88.0 Å². The van der Waals surface area contributed by atoms with Gasteiger partial charge in [0, 0.05) is 37.8 Å². The Morgan fingerprint density at radius 1 is 1.02 bits per heavy atom. The summed E-state index contributed by atoms with van der Waals surface area (Å²) in [5.74, 6) is -2.00. The van der Waals surface area contributed by atoms with Crippen LogP contribution in [0.2, 0.25) is 0 Å². The lowest BCUT2D eigenvalue weighted by atomic mass is 9.79.